The number of H-pyrrole nitrogens is 1. The maximum absolute atomic E-state index is 12.1. The van der Waals surface area contributed by atoms with Crippen molar-refractivity contribution in [2.75, 3.05) is 13.1 Å². The minimum atomic E-state index is -0.818. The number of aromatic amines is 1. The zero-order valence-electron chi connectivity index (χ0n) is 10.5. The molecule has 7 heteroatoms. The molecule has 1 saturated heterocycles. The molecule has 2 atom stereocenters. The van der Waals surface area contributed by atoms with Crippen LogP contribution in [-0.2, 0) is 4.79 Å². The Morgan fingerprint density at radius 3 is 2.74 bits per heavy atom. The van der Waals surface area contributed by atoms with Gasteiger partial charge in [-0.25, -0.2) is 5.10 Å². The quantitative estimate of drug-likeness (QED) is 0.780. The molecule has 1 aromatic heterocycles. The third-order valence-electron chi connectivity index (χ3n) is 3.41. The molecule has 1 amide bonds. The van der Waals surface area contributed by atoms with Gasteiger partial charge >= 0.3 is 5.97 Å². The summed E-state index contributed by atoms with van der Waals surface area (Å²) in [7, 11) is 0. The lowest BCUT2D eigenvalue weighted by atomic mass is 9.87. The standard InChI is InChI=1S/C12H15N3O4/c1-7-6-15(5-4-8(7)12(18)19)11(17)9-2-3-10(16)14-13-9/h2-3,7-8H,4-6H2,1H3,(H,14,16)(H,18,19). The first-order valence-electron chi connectivity index (χ1n) is 6.07. The summed E-state index contributed by atoms with van der Waals surface area (Å²) < 4.78 is 0. The fourth-order valence-corrected chi connectivity index (χ4v) is 2.32. The number of carbonyl (C=O) groups excluding carboxylic acids is 1. The molecule has 7 nitrogen and oxygen atoms in total. The molecule has 102 valence electrons. The predicted octanol–water partition coefficient (Wildman–Crippen LogP) is -0.0473. The molecule has 19 heavy (non-hydrogen) atoms. The van der Waals surface area contributed by atoms with Crippen molar-refractivity contribution in [2.24, 2.45) is 11.8 Å². The first-order valence-corrected chi connectivity index (χ1v) is 6.07. The molecule has 0 aromatic carbocycles. The third kappa shape index (κ3) is 2.81. The first-order chi connectivity index (χ1) is 8.99. The monoisotopic (exact) mass is 265 g/mol. The normalized spacial score (nSPS) is 23.1. The number of hydrogen-bond acceptors (Lipinski definition) is 4. The number of carbonyl (C=O) groups is 2. The van der Waals surface area contributed by atoms with Crippen LogP contribution >= 0.6 is 0 Å². The van der Waals surface area contributed by atoms with Crippen LogP contribution < -0.4 is 5.56 Å². The number of likely N-dealkylation sites (tertiary alicyclic amines) is 1. The highest BCUT2D eigenvalue weighted by Gasteiger charge is 2.33. The van der Waals surface area contributed by atoms with Crippen molar-refractivity contribution in [3.05, 3.63) is 28.2 Å². The van der Waals surface area contributed by atoms with E-state index in [0.29, 0.717) is 19.5 Å². The number of nitrogens with one attached hydrogen (secondary N) is 1. The number of aliphatic carboxylic acids is 1. The molecule has 0 aliphatic carbocycles. The summed E-state index contributed by atoms with van der Waals surface area (Å²) in [5.41, 5.74) is -0.199. The van der Waals surface area contributed by atoms with Gasteiger partial charge in [-0.1, -0.05) is 6.92 Å². The second-order valence-electron chi connectivity index (χ2n) is 4.77. The van der Waals surface area contributed by atoms with Crippen molar-refractivity contribution in [1.82, 2.24) is 15.1 Å². The highest BCUT2D eigenvalue weighted by atomic mass is 16.4. The van der Waals surface area contributed by atoms with Gasteiger partial charge < -0.3 is 10.0 Å². The van der Waals surface area contributed by atoms with Gasteiger partial charge in [-0.05, 0) is 18.4 Å². The topological polar surface area (TPSA) is 103 Å². The molecular formula is C12H15N3O4. The smallest absolute Gasteiger partial charge is 0.306 e. The molecule has 2 rings (SSSR count). The van der Waals surface area contributed by atoms with Gasteiger partial charge in [-0.15, -0.1) is 0 Å². The van der Waals surface area contributed by atoms with Crippen LogP contribution in [-0.4, -0.2) is 45.2 Å². The third-order valence-corrected chi connectivity index (χ3v) is 3.41. The lowest BCUT2D eigenvalue weighted by Crippen LogP contribution is -2.45. The second-order valence-corrected chi connectivity index (χ2v) is 4.77. The zero-order chi connectivity index (χ0) is 14.0. The van der Waals surface area contributed by atoms with E-state index in [-0.39, 0.29) is 23.1 Å². The van der Waals surface area contributed by atoms with Crippen molar-refractivity contribution in [1.29, 1.82) is 0 Å². The van der Waals surface area contributed by atoms with Crippen molar-refractivity contribution in [3.63, 3.8) is 0 Å². The number of piperidine rings is 1. The highest BCUT2D eigenvalue weighted by molar-refractivity contribution is 5.92. The van der Waals surface area contributed by atoms with Gasteiger partial charge in [-0.2, -0.15) is 5.10 Å². The summed E-state index contributed by atoms with van der Waals surface area (Å²) in [4.78, 5) is 35.6. The Hall–Kier alpha value is -2.18. The fraction of sp³-hybridized carbons (Fsp3) is 0.500. The van der Waals surface area contributed by atoms with Crippen LogP contribution in [0.15, 0.2) is 16.9 Å². The van der Waals surface area contributed by atoms with Crippen molar-refractivity contribution >= 4 is 11.9 Å². The minimum absolute atomic E-state index is 0.0991. The average molecular weight is 265 g/mol. The summed E-state index contributed by atoms with van der Waals surface area (Å²) in [5.74, 6) is -1.61. The van der Waals surface area contributed by atoms with Gasteiger partial charge in [0.2, 0.25) is 0 Å². The molecule has 0 spiro atoms. The second kappa shape index (κ2) is 5.21. The number of nitrogens with zero attached hydrogens (tertiary/aromatic N) is 2. The van der Waals surface area contributed by atoms with E-state index in [1.54, 1.807) is 4.90 Å². The summed E-state index contributed by atoms with van der Waals surface area (Å²) >= 11 is 0. The number of amides is 1. The van der Waals surface area contributed by atoms with Crippen molar-refractivity contribution < 1.29 is 14.7 Å². The van der Waals surface area contributed by atoms with Gasteiger partial charge in [0.05, 0.1) is 5.92 Å². The molecule has 0 saturated carbocycles. The highest BCUT2D eigenvalue weighted by Crippen LogP contribution is 2.24. The largest absolute Gasteiger partial charge is 0.481 e. The fourth-order valence-electron chi connectivity index (χ4n) is 2.32. The lowest BCUT2D eigenvalue weighted by Gasteiger charge is -2.34. The molecule has 2 unspecified atom stereocenters. The number of carboxylic acid groups (broad SMARTS) is 1. The van der Waals surface area contributed by atoms with E-state index in [9.17, 15) is 14.4 Å². The maximum Gasteiger partial charge on any atom is 0.306 e. The molecule has 0 radical (unpaired) electrons. The molecule has 1 aromatic rings. The Morgan fingerprint density at radius 1 is 1.47 bits per heavy atom. The molecule has 2 N–H and O–H groups in total. The van der Waals surface area contributed by atoms with Crippen LogP contribution in [0.5, 0.6) is 0 Å². The van der Waals surface area contributed by atoms with E-state index >= 15 is 0 Å². The van der Waals surface area contributed by atoms with Crippen molar-refractivity contribution in [3.8, 4) is 0 Å². The Kier molecular flexibility index (Phi) is 3.64. The molecule has 0 bridgehead atoms. The van der Waals surface area contributed by atoms with Crippen LogP contribution in [0, 0.1) is 11.8 Å². The van der Waals surface area contributed by atoms with Gasteiger partial charge in [0.1, 0.15) is 5.69 Å². The maximum atomic E-state index is 12.1. The van der Waals surface area contributed by atoms with E-state index < -0.39 is 11.9 Å². The Bertz CT molecular complexity index is 534. The van der Waals surface area contributed by atoms with Gasteiger partial charge in [0.15, 0.2) is 0 Å². The molecule has 2 heterocycles. The molecule has 1 aliphatic rings. The number of carboxylic acids is 1. The molecule has 1 aliphatic heterocycles. The Balaban J connectivity index is 2.08. The summed E-state index contributed by atoms with van der Waals surface area (Å²) in [6, 6.07) is 2.61. The average Bonchev–Trinajstić information content (AvgIpc) is 2.38. The molecular weight excluding hydrogens is 250 g/mol. The van der Waals surface area contributed by atoms with E-state index in [1.807, 2.05) is 6.92 Å². The van der Waals surface area contributed by atoms with Crippen LogP contribution in [0.2, 0.25) is 0 Å². The van der Waals surface area contributed by atoms with E-state index in [1.165, 1.54) is 12.1 Å². The number of rotatable bonds is 2. The van der Waals surface area contributed by atoms with E-state index in [0.717, 1.165) is 0 Å². The van der Waals surface area contributed by atoms with Crippen LogP contribution in [0.25, 0.3) is 0 Å². The SMILES string of the molecule is CC1CN(C(=O)c2ccc(=O)[nH]n2)CCC1C(=O)O. The van der Waals surface area contributed by atoms with E-state index in [2.05, 4.69) is 10.2 Å². The number of aromatic nitrogens is 2. The lowest BCUT2D eigenvalue weighted by molar-refractivity contribution is -0.145. The predicted molar refractivity (Wildman–Crippen MR) is 65.7 cm³/mol. The first kappa shape index (κ1) is 13.3. The van der Waals surface area contributed by atoms with E-state index in [4.69, 9.17) is 5.11 Å². The Morgan fingerprint density at radius 2 is 2.21 bits per heavy atom. The van der Waals surface area contributed by atoms with Gasteiger partial charge in [-0.3, -0.25) is 14.4 Å². The summed E-state index contributed by atoms with van der Waals surface area (Å²) in [6.07, 6.45) is 0.436. The Labute approximate surface area is 109 Å². The zero-order valence-corrected chi connectivity index (χ0v) is 10.5. The van der Waals surface area contributed by atoms with Gasteiger partial charge in [0, 0.05) is 19.2 Å². The van der Waals surface area contributed by atoms with Crippen LogP contribution in [0.4, 0.5) is 0 Å². The van der Waals surface area contributed by atoms with Gasteiger partial charge in [0.25, 0.3) is 11.5 Å². The van der Waals surface area contributed by atoms with Crippen LogP contribution in [0.1, 0.15) is 23.8 Å². The minimum Gasteiger partial charge on any atom is -0.481 e. The summed E-state index contributed by atoms with van der Waals surface area (Å²) in [5, 5.41) is 14.9. The number of hydrogen-bond donors (Lipinski definition) is 2. The molecule has 1 fully saturated rings. The summed E-state index contributed by atoms with van der Waals surface area (Å²) in [6.45, 7) is 2.59. The van der Waals surface area contributed by atoms with Crippen molar-refractivity contribution in [2.45, 2.75) is 13.3 Å². The van der Waals surface area contributed by atoms with Crippen LogP contribution in [0.3, 0.4) is 0 Å².